The average molecular weight is 268 g/mol. The van der Waals surface area contributed by atoms with Gasteiger partial charge in [0.1, 0.15) is 6.29 Å². The molecule has 0 spiro atoms. The highest BCUT2D eigenvalue weighted by Crippen LogP contribution is 2.12. The molecule has 0 heterocycles. The van der Waals surface area contributed by atoms with Crippen LogP contribution in [0.1, 0.15) is 84.0 Å². The summed E-state index contributed by atoms with van der Waals surface area (Å²) in [6.07, 6.45) is 18.5. The van der Waals surface area contributed by atoms with E-state index in [0.29, 0.717) is 6.29 Å². The van der Waals surface area contributed by atoms with Crippen LogP contribution in [0.5, 0.6) is 0 Å². The third-order valence-corrected chi connectivity index (χ3v) is 3.52. The van der Waals surface area contributed by atoms with Gasteiger partial charge in [0.15, 0.2) is 0 Å². The highest BCUT2D eigenvalue weighted by molar-refractivity contribution is 5.64. The summed E-state index contributed by atoms with van der Waals surface area (Å²) in [5.41, 5.74) is 0. The highest BCUT2D eigenvalue weighted by atomic mass is 16.3. The number of aldehydes is 1. The summed E-state index contributed by atoms with van der Waals surface area (Å²) in [6, 6.07) is 0. The Kier molecular flexibility index (Phi) is 14.9. The number of hydrogen-bond acceptors (Lipinski definition) is 2. The summed E-state index contributed by atoms with van der Waals surface area (Å²) in [6.45, 7) is 2.26. The van der Waals surface area contributed by atoms with Crippen molar-refractivity contribution in [3.05, 3.63) is 12.2 Å². The van der Waals surface area contributed by atoms with Crippen LogP contribution in [0.25, 0.3) is 0 Å². The number of rotatable bonds is 14. The minimum Gasteiger partial charge on any atom is -0.389 e. The molecule has 0 aromatic heterocycles. The zero-order valence-corrected chi connectivity index (χ0v) is 12.7. The second kappa shape index (κ2) is 15.4. The molecule has 0 aliphatic carbocycles. The molecule has 1 atom stereocenters. The molecule has 0 rings (SSSR count). The van der Waals surface area contributed by atoms with Gasteiger partial charge in [0, 0.05) is 0 Å². The summed E-state index contributed by atoms with van der Waals surface area (Å²) in [7, 11) is 0. The summed E-state index contributed by atoms with van der Waals surface area (Å²) < 4.78 is 0. The number of carbonyl (C=O) groups excluding carboxylic acids is 1. The van der Waals surface area contributed by atoms with Gasteiger partial charge in [-0.15, -0.1) is 0 Å². The third-order valence-electron chi connectivity index (χ3n) is 3.52. The first-order valence-corrected chi connectivity index (χ1v) is 8.11. The Balaban J connectivity index is 3.10. The van der Waals surface area contributed by atoms with E-state index in [0.717, 1.165) is 12.8 Å². The van der Waals surface area contributed by atoms with Crippen LogP contribution in [0.15, 0.2) is 12.2 Å². The van der Waals surface area contributed by atoms with Crippen molar-refractivity contribution in [2.45, 2.75) is 90.1 Å². The zero-order valence-electron chi connectivity index (χ0n) is 12.7. The Morgan fingerprint density at radius 2 is 1.32 bits per heavy atom. The topological polar surface area (TPSA) is 37.3 Å². The van der Waals surface area contributed by atoms with Gasteiger partial charge in [-0.1, -0.05) is 83.6 Å². The minimum absolute atomic E-state index is 0.441. The maximum atomic E-state index is 10.1. The molecule has 0 aliphatic heterocycles. The smallest absolute Gasteiger partial charge is 0.142 e. The number of aliphatic hydroxyl groups is 1. The van der Waals surface area contributed by atoms with Gasteiger partial charge in [-0.05, 0) is 12.5 Å². The number of unbranched alkanes of at least 4 members (excludes halogenated alkanes) is 10. The van der Waals surface area contributed by atoms with Crippen molar-refractivity contribution < 1.29 is 9.90 Å². The lowest BCUT2D eigenvalue weighted by Crippen LogP contribution is -2.01. The molecule has 0 saturated carbocycles. The second-order valence-electron chi connectivity index (χ2n) is 5.41. The normalized spacial score (nSPS) is 12.9. The molecule has 2 heteroatoms. The number of hydrogen-bond donors (Lipinski definition) is 1. The number of aliphatic hydroxyl groups excluding tert-OH is 1. The first-order chi connectivity index (χ1) is 9.31. The van der Waals surface area contributed by atoms with E-state index in [1.54, 1.807) is 6.08 Å². The van der Waals surface area contributed by atoms with E-state index in [9.17, 15) is 9.90 Å². The first kappa shape index (κ1) is 18.4. The standard InChI is InChI=1S/C17H32O2/c1-2-3-4-5-6-7-8-9-10-11-12-14-17(19)15-13-16-18/h13,15-17,19H,2-12,14H2,1H3. The quantitative estimate of drug-likeness (QED) is 0.279. The van der Waals surface area contributed by atoms with Gasteiger partial charge in [-0.3, -0.25) is 4.79 Å². The van der Waals surface area contributed by atoms with Crippen molar-refractivity contribution in [2.24, 2.45) is 0 Å². The Bertz CT molecular complexity index is 211. The SMILES string of the molecule is CCCCCCCCCCCCCC(O)C=CC=O. The van der Waals surface area contributed by atoms with Gasteiger partial charge in [0.2, 0.25) is 0 Å². The number of allylic oxidation sites excluding steroid dienone is 1. The van der Waals surface area contributed by atoms with E-state index in [-0.39, 0.29) is 0 Å². The van der Waals surface area contributed by atoms with Crippen molar-refractivity contribution in [3.8, 4) is 0 Å². The molecule has 0 radical (unpaired) electrons. The van der Waals surface area contributed by atoms with Gasteiger partial charge >= 0.3 is 0 Å². The third kappa shape index (κ3) is 15.3. The van der Waals surface area contributed by atoms with Crippen LogP contribution >= 0.6 is 0 Å². The Hall–Kier alpha value is -0.630. The molecule has 2 nitrogen and oxygen atoms in total. The van der Waals surface area contributed by atoms with Crippen LogP contribution in [0.2, 0.25) is 0 Å². The molecule has 0 fully saturated rings. The lowest BCUT2D eigenvalue weighted by Gasteiger charge is -2.05. The van der Waals surface area contributed by atoms with Crippen LogP contribution < -0.4 is 0 Å². The van der Waals surface area contributed by atoms with Crippen LogP contribution in [0.4, 0.5) is 0 Å². The molecular weight excluding hydrogens is 236 g/mol. The summed E-state index contributed by atoms with van der Waals surface area (Å²) in [4.78, 5) is 10.1. The summed E-state index contributed by atoms with van der Waals surface area (Å²) in [5, 5.41) is 9.48. The number of carbonyl (C=O) groups is 1. The fourth-order valence-corrected chi connectivity index (χ4v) is 2.29. The predicted molar refractivity (Wildman–Crippen MR) is 82.3 cm³/mol. The first-order valence-electron chi connectivity index (χ1n) is 8.11. The van der Waals surface area contributed by atoms with Crippen LogP contribution in [-0.2, 0) is 4.79 Å². The van der Waals surface area contributed by atoms with Gasteiger partial charge in [-0.2, -0.15) is 0 Å². The Morgan fingerprint density at radius 3 is 1.79 bits per heavy atom. The van der Waals surface area contributed by atoms with Crippen LogP contribution in [-0.4, -0.2) is 17.5 Å². The fraction of sp³-hybridized carbons (Fsp3) is 0.824. The molecule has 0 amide bonds. The predicted octanol–water partition coefficient (Wildman–Crippen LogP) is 4.80. The van der Waals surface area contributed by atoms with Gasteiger partial charge in [0.25, 0.3) is 0 Å². The monoisotopic (exact) mass is 268 g/mol. The maximum absolute atomic E-state index is 10.1. The van der Waals surface area contributed by atoms with E-state index >= 15 is 0 Å². The molecule has 0 saturated heterocycles. The van der Waals surface area contributed by atoms with E-state index in [1.807, 2.05) is 0 Å². The average Bonchev–Trinajstić information content (AvgIpc) is 2.42. The van der Waals surface area contributed by atoms with E-state index in [1.165, 1.54) is 70.3 Å². The molecule has 0 aromatic rings. The Labute approximate surface area is 119 Å². The molecule has 112 valence electrons. The largest absolute Gasteiger partial charge is 0.389 e. The maximum Gasteiger partial charge on any atom is 0.142 e. The minimum atomic E-state index is -0.441. The zero-order chi connectivity index (χ0) is 14.2. The lowest BCUT2D eigenvalue weighted by molar-refractivity contribution is -0.104. The van der Waals surface area contributed by atoms with Crippen molar-refractivity contribution in [2.75, 3.05) is 0 Å². The van der Waals surface area contributed by atoms with Crippen molar-refractivity contribution in [1.82, 2.24) is 0 Å². The molecule has 0 aromatic carbocycles. The van der Waals surface area contributed by atoms with Gasteiger partial charge in [0.05, 0.1) is 6.10 Å². The van der Waals surface area contributed by atoms with Crippen molar-refractivity contribution in [1.29, 1.82) is 0 Å². The molecule has 0 aliphatic rings. The molecule has 19 heavy (non-hydrogen) atoms. The lowest BCUT2D eigenvalue weighted by atomic mass is 10.0. The van der Waals surface area contributed by atoms with Gasteiger partial charge < -0.3 is 5.11 Å². The van der Waals surface area contributed by atoms with E-state index in [4.69, 9.17) is 0 Å². The van der Waals surface area contributed by atoms with Gasteiger partial charge in [-0.25, -0.2) is 0 Å². The van der Waals surface area contributed by atoms with Crippen molar-refractivity contribution in [3.63, 3.8) is 0 Å². The fourth-order valence-electron chi connectivity index (χ4n) is 2.29. The second-order valence-corrected chi connectivity index (χ2v) is 5.41. The summed E-state index contributed by atoms with van der Waals surface area (Å²) >= 11 is 0. The van der Waals surface area contributed by atoms with Crippen LogP contribution in [0.3, 0.4) is 0 Å². The Morgan fingerprint density at radius 1 is 0.842 bits per heavy atom. The van der Waals surface area contributed by atoms with Crippen molar-refractivity contribution >= 4 is 6.29 Å². The van der Waals surface area contributed by atoms with E-state index in [2.05, 4.69) is 6.92 Å². The molecule has 1 N–H and O–H groups in total. The van der Waals surface area contributed by atoms with E-state index < -0.39 is 6.10 Å². The summed E-state index contributed by atoms with van der Waals surface area (Å²) in [5.74, 6) is 0. The van der Waals surface area contributed by atoms with Crippen LogP contribution in [0, 0.1) is 0 Å². The molecular formula is C17H32O2. The molecule has 0 bridgehead atoms. The molecule has 1 unspecified atom stereocenters. The highest BCUT2D eigenvalue weighted by Gasteiger charge is 1.98.